The number of H-pyrrole nitrogens is 1. The molecule has 2 aromatic carbocycles. The third-order valence-electron chi connectivity index (χ3n) is 5.83. The Hall–Kier alpha value is -3.72. The van der Waals surface area contributed by atoms with Crippen molar-refractivity contribution < 1.29 is 9.53 Å². The van der Waals surface area contributed by atoms with Crippen molar-refractivity contribution in [1.82, 2.24) is 25.4 Å². The number of carbonyl (C=O) groups excluding carboxylic acids is 1. The maximum absolute atomic E-state index is 13.0. The smallest absolute Gasteiger partial charge is 0.247 e. The molecule has 1 aliphatic rings. The molecule has 5 rings (SSSR count). The Bertz CT molecular complexity index is 1330. The minimum absolute atomic E-state index is 0.169. The molecule has 8 nitrogen and oxygen atoms in total. The van der Waals surface area contributed by atoms with E-state index in [1.807, 2.05) is 54.6 Å². The second-order valence-electron chi connectivity index (χ2n) is 8.25. The van der Waals surface area contributed by atoms with Gasteiger partial charge >= 0.3 is 0 Å². The molecule has 0 saturated heterocycles. The van der Waals surface area contributed by atoms with Crippen LogP contribution in [0.2, 0.25) is 0 Å². The highest BCUT2D eigenvalue weighted by Gasteiger charge is 2.36. The van der Waals surface area contributed by atoms with Gasteiger partial charge in [-0.3, -0.25) is 14.8 Å². The minimum Gasteiger partial charge on any atom is -0.447 e. The number of nitrogens with one attached hydrogen (secondary N) is 1. The molecule has 0 radical (unpaired) electrons. The monoisotopic (exact) mass is 486 g/mol. The van der Waals surface area contributed by atoms with Crippen molar-refractivity contribution in [2.24, 2.45) is 0 Å². The Kier molecular flexibility index (Phi) is 6.76. The van der Waals surface area contributed by atoms with E-state index < -0.39 is 6.23 Å². The van der Waals surface area contributed by atoms with Crippen LogP contribution in [0.15, 0.2) is 66.0 Å². The van der Waals surface area contributed by atoms with Crippen LogP contribution in [0.3, 0.4) is 0 Å². The summed E-state index contributed by atoms with van der Waals surface area (Å²) < 4.78 is 6.51. The molecule has 0 saturated carbocycles. The van der Waals surface area contributed by atoms with Gasteiger partial charge in [0, 0.05) is 23.8 Å². The fourth-order valence-electron chi connectivity index (χ4n) is 4.15. The third-order valence-corrected chi connectivity index (χ3v) is 6.75. The standard InChI is InChI=1S/C26H26N6O2S/c1-3-4-10-15-35-26-28-24-23(30-31-26)19-13-8-9-14-21(19)32(17(2)33)25(34-24)20-16-27-29-22(20)18-11-6-5-7-12-18/h5-9,11-14,16,25H,3-4,10,15H2,1-2H3,(H,27,29)/t25-/m0/s1. The molecule has 0 bridgehead atoms. The molecule has 178 valence electrons. The normalized spacial score (nSPS) is 14.6. The zero-order chi connectivity index (χ0) is 24.2. The molecule has 4 aromatic rings. The zero-order valence-corrected chi connectivity index (χ0v) is 20.5. The van der Waals surface area contributed by atoms with Crippen molar-refractivity contribution in [3.63, 3.8) is 0 Å². The summed E-state index contributed by atoms with van der Waals surface area (Å²) in [6.45, 7) is 3.70. The molecule has 0 aliphatic carbocycles. The Morgan fingerprint density at radius 2 is 1.89 bits per heavy atom. The number of nitrogens with zero attached hydrogens (tertiary/aromatic N) is 5. The number of amides is 1. The van der Waals surface area contributed by atoms with Gasteiger partial charge in [0.25, 0.3) is 0 Å². The highest BCUT2D eigenvalue weighted by atomic mass is 32.2. The van der Waals surface area contributed by atoms with Gasteiger partial charge in [0.2, 0.25) is 23.2 Å². The molecule has 1 atom stereocenters. The van der Waals surface area contributed by atoms with E-state index >= 15 is 0 Å². The van der Waals surface area contributed by atoms with E-state index in [-0.39, 0.29) is 5.91 Å². The van der Waals surface area contributed by atoms with Crippen molar-refractivity contribution >= 4 is 23.4 Å². The molecule has 1 aliphatic heterocycles. The van der Waals surface area contributed by atoms with Crippen LogP contribution in [-0.2, 0) is 4.79 Å². The lowest BCUT2D eigenvalue weighted by Gasteiger charge is -2.29. The number of thioether (sulfide) groups is 1. The van der Waals surface area contributed by atoms with Crippen LogP contribution in [0.25, 0.3) is 22.5 Å². The molecule has 1 N–H and O–H groups in total. The molecule has 35 heavy (non-hydrogen) atoms. The van der Waals surface area contributed by atoms with E-state index in [0.717, 1.165) is 47.4 Å². The summed E-state index contributed by atoms with van der Waals surface area (Å²) in [7, 11) is 0. The number of anilines is 1. The predicted molar refractivity (Wildman–Crippen MR) is 136 cm³/mol. The van der Waals surface area contributed by atoms with Crippen LogP contribution in [0.4, 0.5) is 5.69 Å². The lowest BCUT2D eigenvalue weighted by atomic mass is 10.1. The largest absolute Gasteiger partial charge is 0.447 e. The third kappa shape index (κ3) is 4.64. The first-order valence-corrected chi connectivity index (χ1v) is 12.7. The van der Waals surface area contributed by atoms with E-state index in [1.165, 1.54) is 6.92 Å². The van der Waals surface area contributed by atoms with Gasteiger partial charge in [0.15, 0.2) is 5.69 Å². The molecular formula is C26H26N6O2S. The van der Waals surface area contributed by atoms with Gasteiger partial charge in [-0.2, -0.15) is 10.1 Å². The van der Waals surface area contributed by atoms with Crippen LogP contribution in [0.1, 0.15) is 44.9 Å². The van der Waals surface area contributed by atoms with E-state index in [0.29, 0.717) is 22.4 Å². The molecule has 1 amide bonds. The molecule has 2 aromatic heterocycles. The number of rotatable bonds is 7. The second-order valence-corrected chi connectivity index (χ2v) is 9.31. The number of fused-ring (bicyclic) bond motifs is 3. The van der Waals surface area contributed by atoms with Gasteiger partial charge < -0.3 is 4.74 Å². The maximum atomic E-state index is 13.0. The van der Waals surface area contributed by atoms with Gasteiger partial charge in [-0.1, -0.05) is 80.1 Å². The van der Waals surface area contributed by atoms with Crippen molar-refractivity contribution in [2.75, 3.05) is 10.7 Å². The Balaban J connectivity index is 1.62. The first kappa shape index (κ1) is 23.0. The topological polar surface area (TPSA) is 96.9 Å². The average molecular weight is 487 g/mol. The number of benzene rings is 2. The number of hydrogen-bond donors (Lipinski definition) is 1. The summed E-state index contributed by atoms with van der Waals surface area (Å²) in [5.74, 6) is 1.09. The highest BCUT2D eigenvalue weighted by molar-refractivity contribution is 7.99. The Morgan fingerprint density at radius 1 is 1.09 bits per heavy atom. The molecule has 0 spiro atoms. The number of aromatic amines is 1. The highest BCUT2D eigenvalue weighted by Crippen LogP contribution is 2.44. The van der Waals surface area contributed by atoms with Crippen LogP contribution >= 0.6 is 11.8 Å². The summed E-state index contributed by atoms with van der Waals surface area (Å²) in [4.78, 5) is 19.4. The average Bonchev–Trinajstić information content (AvgIpc) is 3.32. The minimum atomic E-state index is -0.793. The van der Waals surface area contributed by atoms with E-state index in [1.54, 1.807) is 22.9 Å². The summed E-state index contributed by atoms with van der Waals surface area (Å²) in [5.41, 5.74) is 4.38. The SMILES string of the molecule is CCCCCSc1nnc2c(n1)O[C@@H](c1cn[nH]c1-c1ccccc1)N(C(C)=O)c1ccccc1-2. The number of unbranched alkanes of at least 4 members (excludes halogenated alkanes) is 2. The first-order chi connectivity index (χ1) is 17.2. The molecular weight excluding hydrogens is 460 g/mol. The number of para-hydroxylation sites is 1. The number of hydrogen-bond acceptors (Lipinski definition) is 7. The summed E-state index contributed by atoms with van der Waals surface area (Å²) >= 11 is 1.56. The van der Waals surface area contributed by atoms with Gasteiger partial charge in [0.1, 0.15) is 0 Å². The Morgan fingerprint density at radius 3 is 2.69 bits per heavy atom. The molecule has 9 heteroatoms. The van der Waals surface area contributed by atoms with Crippen LogP contribution < -0.4 is 9.64 Å². The summed E-state index contributed by atoms with van der Waals surface area (Å²) in [6, 6.07) is 17.4. The quantitative estimate of drug-likeness (QED) is 0.266. The Labute approximate surface area is 208 Å². The van der Waals surface area contributed by atoms with Gasteiger partial charge in [-0.25, -0.2) is 0 Å². The first-order valence-electron chi connectivity index (χ1n) is 11.7. The molecule has 3 heterocycles. The fraction of sp³-hybridized carbons (Fsp3) is 0.269. The number of carbonyl (C=O) groups is 1. The lowest BCUT2D eigenvalue weighted by Crippen LogP contribution is -2.36. The predicted octanol–water partition coefficient (Wildman–Crippen LogP) is 5.66. The van der Waals surface area contributed by atoms with Gasteiger partial charge in [0.05, 0.1) is 23.1 Å². The second kappa shape index (κ2) is 10.3. The van der Waals surface area contributed by atoms with Crippen molar-refractivity contribution in [3.05, 3.63) is 66.4 Å². The van der Waals surface area contributed by atoms with E-state index in [4.69, 9.17) is 9.72 Å². The number of ether oxygens (including phenoxy) is 1. The summed E-state index contributed by atoms with van der Waals surface area (Å²) in [5, 5.41) is 16.8. The van der Waals surface area contributed by atoms with Gasteiger partial charge in [-0.05, 0) is 12.5 Å². The van der Waals surface area contributed by atoms with Crippen molar-refractivity contribution in [2.45, 2.75) is 44.5 Å². The van der Waals surface area contributed by atoms with Crippen LogP contribution in [0, 0.1) is 0 Å². The zero-order valence-electron chi connectivity index (χ0n) is 19.6. The lowest BCUT2D eigenvalue weighted by molar-refractivity contribution is -0.118. The van der Waals surface area contributed by atoms with E-state index in [9.17, 15) is 4.79 Å². The van der Waals surface area contributed by atoms with Crippen molar-refractivity contribution in [1.29, 1.82) is 0 Å². The summed E-state index contributed by atoms with van der Waals surface area (Å²) in [6.07, 6.45) is 4.31. The molecule has 0 unspecified atom stereocenters. The van der Waals surface area contributed by atoms with Gasteiger partial charge in [-0.15, -0.1) is 10.2 Å². The number of aromatic nitrogens is 5. The van der Waals surface area contributed by atoms with Crippen LogP contribution in [0.5, 0.6) is 5.88 Å². The van der Waals surface area contributed by atoms with Crippen molar-refractivity contribution in [3.8, 4) is 28.4 Å². The fourth-order valence-corrected chi connectivity index (χ4v) is 4.93. The maximum Gasteiger partial charge on any atom is 0.247 e. The van der Waals surface area contributed by atoms with E-state index in [2.05, 4.69) is 27.3 Å². The van der Waals surface area contributed by atoms with Crippen LogP contribution in [-0.4, -0.2) is 37.0 Å². The molecule has 0 fully saturated rings.